The minimum absolute atomic E-state index is 0.353. The van der Waals surface area contributed by atoms with E-state index in [9.17, 15) is 4.79 Å². The Labute approximate surface area is 139 Å². The van der Waals surface area contributed by atoms with Crippen molar-refractivity contribution in [1.29, 1.82) is 0 Å². The maximum Gasteiger partial charge on any atom is 0.153 e. The average Bonchev–Trinajstić information content (AvgIpc) is 3.11. The number of rotatable bonds is 10. The van der Waals surface area contributed by atoms with Gasteiger partial charge in [-0.05, 0) is 17.5 Å². The van der Waals surface area contributed by atoms with Gasteiger partial charge >= 0.3 is 0 Å². The van der Waals surface area contributed by atoms with E-state index in [0.29, 0.717) is 43.5 Å². The summed E-state index contributed by atoms with van der Waals surface area (Å²) in [5.41, 5.74) is 1.37. The van der Waals surface area contributed by atoms with Crippen LogP contribution in [0.25, 0.3) is 10.4 Å². The summed E-state index contributed by atoms with van der Waals surface area (Å²) in [6.45, 7) is 1.84. The van der Waals surface area contributed by atoms with E-state index in [1.165, 1.54) is 0 Å². The summed E-state index contributed by atoms with van der Waals surface area (Å²) in [6, 6.07) is 7.48. The molecule has 1 aromatic heterocycles. The molecule has 0 saturated heterocycles. The summed E-state index contributed by atoms with van der Waals surface area (Å²) in [5, 5.41) is 1.98. The van der Waals surface area contributed by atoms with Crippen molar-refractivity contribution in [1.82, 2.24) is 0 Å². The molecule has 2 aromatic rings. The molecule has 5 nitrogen and oxygen atoms in total. The number of thiophene rings is 1. The van der Waals surface area contributed by atoms with Gasteiger partial charge in [-0.3, -0.25) is 4.79 Å². The maximum absolute atomic E-state index is 11.4. The number of hydrogen-bond donors (Lipinski definition) is 0. The Bertz CT molecular complexity index is 610. The molecule has 0 spiro atoms. The van der Waals surface area contributed by atoms with Gasteiger partial charge in [-0.2, -0.15) is 0 Å². The van der Waals surface area contributed by atoms with Gasteiger partial charge in [0.2, 0.25) is 0 Å². The number of hydrogen-bond acceptors (Lipinski definition) is 6. The molecule has 0 radical (unpaired) electrons. The fourth-order valence-electron chi connectivity index (χ4n) is 2.04. The highest BCUT2D eigenvalue weighted by molar-refractivity contribution is 7.13. The molecular weight excluding hydrogens is 316 g/mol. The van der Waals surface area contributed by atoms with Crippen molar-refractivity contribution in [2.75, 3.05) is 40.6 Å². The highest BCUT2D eigenvalue weighted by Gasteiger charge is 2.13. The Morgan fingerprint density at radius 1 is 1.09 bits per heavy atom. The van der Waals surface area contributed by atoms with Crippen LogP contribution >= 0.6 is 11.3 Å². The normalized spacial score (nSPS) is 10.5. The second kappa shape index (κ2) is 9.29. The predicted molar refractivity (Wildman–Crippen MR) is 89.9 cm³/mol. The number of methoxy groups -OCH3 is 2. The lowest BCUT2D eigenvalue weighted by Gasteiger charge is -2.13. The number of benzene rings is 1. The molecule has 0 bridgehead atoms. The lowest BCUT2D eigenvalue weighted by atomic mass is 10.1. The molecule has 0 fully saturated rings. The zero-order valence-corrected chi connectivity index (χ0v) is 14.1. The molecule has 1 heterocycles. The molecule has 6 heteroatoms. The molecule has 0 saturated carbocycles. The number of aldehydes is 1. The van der Waals surface area contributed by atoms with Crippen LogP contribution in [0.4, 0.5) is 0 Å². The van der Waals surface area contributed by atoms with Gasteiger partial charge in [-0.1, -0.05) is 6.07 Å². The van der Waals surface area contributed by atoms with Gasteiger partial charge in [-0.25, -0.2) is 0 Å². The van der Waals surface area contributed by atoms with E-state index in [2.05, 4.69) is 0 Å². The predicted octanol–water partition coefficient (Wildman–Crippen LogP) is 3.28. The quantitative estimate of drug-likeness (QED) is 0.492. The van der Waals surface area contributed by atoms with Gasteiger partial charge in [0, 0.05) is 23.6 Å². The Morgan fingerprint density at radius 3 is 2.57 bits per heavy atom. The van der Waals surface area contributed by atoms with Crippen LogP contribution in [-0.2, 0) is 9.47 Å². The molecule has 0 aliphatic heterocycles. The molecule has 0 unspecified atom stereocenters. The number of carbonyl (C=O) groups is 1. The van der Waals surface area contributed by atoms with Gasteiger partial charge in [0.25, 0.3) is 0 Å². The largest absolute Gasteiger partial charge is 0.496 e. The van der Waals surface area contributed by atoms with E-state index >= 15 is 0 Å². The monoisotopic (exact) mass is 336 g/mol. The van der Waals surface area contributed by atoms with E-state index in [1.807, 2.05) is 17.5 Å². The Morgan fingerprint density at radius 2 is 1.91 bits per heavy atom. The van der Waals surface area contributed by atoms with Crippen molar-refractivity contribution in [2.45, 2.75) is 0 Å². The van der Waals surface area contributed by atoms with E-state index in [0.717, 1.165) is 16.7 Å². The zero-order valence-electron chi connectivity index (χ0n) is 13.2. The van der Waals surface area contributed by atoms with Crippen LogP contribution in [0.2, 0.25) is 0 Å². The summed E-state index contributed by atoms with van der Waals surface area (Å²) in [7, 11) is 3.22. The van der Waals surface area contributed by atoms with Crippen molar-refractivity contribution in [3.05, 3.63) is 35.2 Å². The fourth-order valence-corrected chi connectivity index (χ4v) is 2.79. The molecule has 1 aromatic carbocycles. The van der Waals surface area contributed by atoms with Crippen molar-refractivity contribution < 1.29 is 23.7 Å². The van der Waals surface area contributed by atoms with Gasteiger partial charge in [0.1, 0.15) is 18.1 Å². The van der Waals surface area contributed by atoms with Crippen LogP contribution in [0.5, 0.6) is 11.5 Å². The third-order valence-electron chi connectivity index (χ3n) is 3.16. The van der Waals surface area contributed by atoms with Crippen molar-refractivity contribution in [3.8, 4) is 21.9 Å². The molecule has 2 rings (SSSR count). The van der Waals surface area contributed by atoms with Gasteiger partial charge in [0.15, 0.2) is 6.29 Å². The van der Waals surface area contributed by atoms with E-state index < -0.39 is 0 Å². The van der Waals surface area contributed by atoms with Crippen molar-refractivity contribution in [3.63, 3.8) is 0 Å². The van der Waals surface area contributed by atoms with Crippen LogP contribution in [-0.4, -0.2) is 46.9 Å². The molecule has 0 aliphatic rings. The highest BCUT2D eigenvalue weighted by Crippen LogP contribution is 2.37. The van der Waals surface area contributed by atoms with Crippen molar-refractivity contribution >= 4 is 17.6 Å². The summed E-state index contributed by atoms with van der Waals surface area (Å²) >= 11 is 1.59. The molecule has 0 aliphatic carbocycles. The second-order valence-corrected chi connectivity index (χ2v) is 5.59. The molecular formula is C17H20O5S. The van der Waals surface area contributed by atoms with E-state index in [-0.39, 0.29) is 0 Å². The Kier molecular flexibility index (Phi) is 7.06. The minimum Gasteiger partial charge on any atom is -0.496 e. The first kappa shape index (κ1) is 17.5. The lowest BCUT2D eigenvalue weighted by Crippen LogP contribution is -2.11. The van der Waals surface area contributed by atoms with E-state index in [4.69, 9.17) is 18.9 Å². The topological polar surface area (TPSA) is 54.0 Å². The standard InChI is InChI=1S/C17H20O5S/c1-19-5-6-21-7-8-22-15-11-16(20-2)14(10-13(15)12-18)17-4-3-9-23-17/h3-4,9-12H,5-8H2,1-2H3. The molecule has 23 heavy (non-hydrogen) atoms. The number of ether oxygens (including phenoxy) is 4. The first-order valence-electron chi connectivity index (χ1n) is 7.20. The van der Waals surface area contributed by atoms with Crippen LogP contribution < -0.4 is 9.47 Å². The zero-order chi connectivity index (χ0) is 16.5. The molecule has 124 valence electrons. The average molecular weight is 336 g/mol. The van der Waals surface area contributed by atoms with Crippen LogP contribution in [0.3, 0.4) is 0 Å². The number of carbonyl (C=O) groups excluding carboxylic acids is 1. The van der Waals surface area contributed by atoms with Gasteiger partial charge in [-0.15, -0.1) is 11.3 Å². The third kappa shape index (κ3) is 4.79. The highest BCUT2D eigenvalue weighted by atomic mass is 32.1. The van der Waals surface area contributed by atoms with Crippen LogP contribution in [0.1, 0.15) is 10.4 Å². The summed E-state index contributed by atoms with van der Waals surface area (Å²) in [6.07, 6.45) is 0.789. The van der Waals surface area contributed by atoms with Crippen molar-refractivity contribution in [2.24, 2.45) is 0 Å². The first-order chi connectivity index (χ1) is 11.3. The molecule has 0 N–H and O–H groups in total. The summed E-state index contributed by atoms with van der Waals surface area (Å²) in [5.74, 6) is 1.17. The van der Waals surface area contributed by atoms with Crippen LogP contribution in [0, 0.1) is 0 Å². The minimum atomic E-state index is 0.353. The second-order valence-electron chi connectivity index (χ2n) is 4.64. The molecule has 0 amide bonds. The molecule has 0 atom stereocenters. The maximum atomic E-state index is 11.4. The smallest absolute Gasteiger partial charge is 0.153 e. The van der Waals surface area contributed by atoms with E-state index in [1.54, 1.807) is 37.7 Å². The SMILES string of the molecule is COCCOCCOc1cc(OC)c(-c2cccs2)cc1C=O. The first-order valence-corrected chi connectivity index (χ1v) is 8.08. The summed E-state index contributed by atoms with van der Waals surface area (Å²) < 4.78 is 21.3. The Balaban J connectivity index is 2.09. The lowest BCUT2D eigenvalue weighted by molar-refractivity contribution is 0.0542. The Hall–Kier alpha value is -1.89. The van der Waals surface area contributed by atoms with Gasteiger partial charge < -0.3 is 18.9 Å². The van der Waals surface area contributed by atoms with Crippen LogP contribution in [0.15, 0.2) is 29.6 Å². The fraction of sp³-hybridized carbons (Fsp3) is 0.353. The summed E-state index contributed by atoms with van der Waals surface area (Å²) in [4.78, 5) is 12.4. The third-order valence-corrected chi connectivity index (χ3v) is 4.07. The van der Waals surface area contributed by atoms with Gasteiger partial charge in [0.05, 0.1) is 32.5 Å².